The Morgan fingerprint density at radius 1 is 1.43 bits per heavy atom. The predicted octanol–water partition coefficient (Wildman–Crippen LogP) is 3.08. The average molecular weight is 206 g/mol. The van der Waals surface area contributed by atoms with Gasteiger partial charge in [0.1, 0.15) is 0 Å². The highest BCUT2D eigenvalue weighted by Crippen LogP contribution is 2.16. The van der Waals surface area contributed by atoms with Gasteiger partial charge in [0, 0.05) is 10.6 Å². The molecule has 0 bridgehead atoms. The molecule has 0 aliphatic carbocycles. The highest BCUT2D eigenvalue weighted by atomic mass is 35.5. The van der Waals surface area contributed by atoms with Crippen LogP contribution in [0.3, 0.4) is 0 Å². The molecule has 0 radical (unpaired) electrons. The zero-order valence-electron chi connectivity index (χ0n) is 7.40. The summed E-state index contributed by atoms with van der Waals surface area (Å²) in [5.74, 6) is 0. The zero-order chi connectivity index (χ0) is 10.4. The Labute approximate surface area is 87.4 Å². The summed E-state index contributed by atoms with van der Waals surface area (Å²) in [5, 5.41) is 8.90. The first-order valence-corrected chi connectivity index (χ1v) is 4.44. The fraction of sp³-hybridized carbons (Fsp3) is 0.0909. The van der Waals surface area contributed by atoms with E-state index in [0.29, 0.717) is 17.0 Å². The summed E-state index contributed by atoms with van der Waals surface area (Å²) >= 11 is 5.77. The van der Waals surface area contributed by atoms with E-state index in [0.717, 1.165) is 11.8 Å². The Balaban J connectivity index is 3.00. The normalized spacial score (nSPS) is 10.0. The summed E-state index contributed by atoms with van der Waals surface area (Å²) in [6.07, 6.45) is 4.50. The van der Waals surface area contributed by atoms with Crippen molar-refractivity contribution in [3.05, 3.63) is 40.4 Å². The smallest absolute Gasteiger partial charge is 0.150 e. The van der Waals surface area contributed by atoms with Gasteiger partial charge in [0.2, 0.25) is 0 Å². The van der Waals surface area contributed by atoms with Crippen LogP contribution in [-0.2, 0) is 0 Å². The molecule has 3 heteroatoms. The Bertz CT molecular complexity index is 404. The SMILES string of the molecule is N#CCC=Cc1cc(Cl)ccc1C=O. The summed E-state index contributed by atoms with van der Waals surface area (Å²) in [5.41, 5.74) is 1.31. The second-order valence-electron chi connectivity index (χ2n) is 2.66. The number of hydrogen-bond donors (Lipinski definition) is 0. The lowest BCUT2D eigenvalue weighted by Crippen LogP contribution is -1.85. The van der Waals surface area contributed by atoms with Gasteiger partial charge in [0.15, 0.2) is 6.29 Å². The van der Waals surface area contributed by atoms with Crippen LogP contribution in [0.25, 0.3) is 6.08 Å². The van der Waals surface area contributed by atoms with E-state index in [2.05, 4.69) is 0 Å². The Kier molecular flexibility index (Phi) is 3.90. The van der Waals surface area contributed by atoms with Crippen molar-refractivity contribution in [1.82, 2.24) is 0 Å². The first-order chi connectivity index (χ1) is 6.77. The van der Waals surface area contributed by atoms with Gasteiger partial charge >= 0.3 is 0 Å². The molecule has 0 aromatic heterocycles. The standard InChI is InChI=1S/C11H8ClNO/c12-11-5-4-10(8-14)9(7-11)3-1-2-6-13/h1,3-5,7-8H,2H2. The zero-order valence-corrected chi connectivity index (χ0v) is 8.16. The molecule has 14 heavy (non-hydrogen) atoms. The van der Waals surface area contributed by atoms with E-state index < -0.39 is 0 Å². The minimum Gasteiger partial charge on any atom is -0.298 e. The third-order valence-electron chi connectivity index (χ3n) is 1.68. The van der Waals surface area contributed by atoms with E-state index in [1.807, 2.05) is 6.07 Å². The van der Waals surface area contributed by atoms with Gasteiger partial charge in [-0.1, -0.05) is 23.8 Å². The van der Waals surface area contributed by atoms with Crippen molar-refractivity contribution in [3.8, 4) is 6.07 Å². The number of nitriles is 1. The molecule has 0 atom stereocenters. The number of carbonyl (C=O) groups excluding carboxylic acids is 1. The number of carbonyl (C=O) groups is 1. The third kappa shape index (κ3) is 2.72. The number of halogens is 1. The Morgan fingerprint density at radius 2 is 2.21 bits per heavy atom. The van der Waals surface area contributed by atoms with Crippen molar-refractivity contribution >= 4 is 24.0 Å². The van der Waals surface area contributed by atoms with E-state index in [4.69, 9.17) is 16.9 Å². The summed E-state index contributed by atoms with van der Waals surface area (Å²) in [4.78, 5) is 10.6. The van der Waals surface area contributed by atoms with E-state index in [-0.39, 0.29) is 0 Å². The molecule has 70 valence electrons. The maximum absolute atomic E-state index is 10.6. The van der Waals surface area contributed by atoms with Crippen molar-refractivity contribution in [3.63, 3.8) is 0 Å². The lowest BCUT2D eigenvalue weighted by Gasteiger charge is -1.98. The average Bonchev–Trinajstić information content (AvgIpc) is 2.19. The van der Waals surface area contributed by atoms with Gasteiger partial charge in [-0.15, -0.1) is 0 Å². The van der Waals surface area contributed by atoms with Gasteiger partial charge < -0.3 is 0 Å². The second-order valence-corrected chi connectivity index (χ2v) is 3.09. The van der Waals surface area contributed by atoms with Gasteiger partial charge in [0.05, 0.1) is 12.5 Å². The fourth-order valence-electron chi connectivity index (χ4n) is 1.04. The van der Waals surface area contributed by atoms with Gasteiger partial charge in [-0.25, -0.2) is 0 Å². The lowest BCUT2D eigenvalue weighted by atomic mass is 10.1. The van der Waals surface area contributed by atoms with E-state index in [1.54, 1.807) is 30.4 Å². The molecule has 0 unspecified atom stereocenters. The summed E-state index contributed by atoms with van der Waals surface area (Å²) in [7, 11) is 0. The molecule has 2 nitrogen and oxygen atoms in total. The molecule has 0 aliphatic heterocycles. The van der Waals surface area contributed by atoms with Crippen molar-refractivity contribution in [1.29, 1.82) is 5.26 Å². The molecule has 0 saturated heterocycles. The van der Waals surface area contributed by atoms with Crippen molar-refractivity contribution in [2.45, 2.75) is 6.42 Å². The molecule has 0 amide bonds. The molecule has 0 saturated carbocycles. The summed E-state index contributed by atoms with van der Waals surface area (Å²) < 4.78 is 0. The lowest BCUT2D eigenvalue weighted by molar-refractivity contribution is 0.112. The van der Waals surface area contributed by atoms with Gasteiger partial charge in [-0.3, -0.25) is 4.79 Å². The van der Waals surface area contributed by atoms with E-state index in [1.165, 1.54) is 0 Å². The highest BCUT2D eigenvalue weighted by molar-refractivity contribution is 6.30. The minimum atomic E-state index is 0.324. The molecular formula is C11H8ClNO. The van der Waals surface area contributed by atoms with Crippen LogP contribution in [0.1, 0.15) is 22.3 Å². The summed E-state index contributed by atoms with van der Waals surface area (Å²) in [6.45, 7) is 0. The van der Waals surface area contributed by atoms with Crippen LogP contribution < -0.4 is 0 Å². The largest absolute Gasteiger partial charge is 0.298 e. The van der Waals surface area contributed by atoms with Gasteiger partial charge in [-0.05, 0) is 23.8 Å². The van der Waals surface area contributed by atoms with E-state index in [9.17, 15) is 4.79 Å². The molecular weight excluding hydrogens is 198 g/mol. The molecule has 1 rings (SSSR count). The maximum Gasteiger partial charge on any atom is 0.150 e. The van der Waals surface area contributed by atoms with Crippen LogP contribution in [-0.4, -0.2) is 6.29 Å². The number of nitrogens with zero attached hydrogens (tertiary/aromatic N) is 1. The topological polar surface area (TPSA) is 40.9 Å². The van der Waals surface area contributed by atoms with Crippen LogP contribution >= 0.6 is 11.6 Å². The molecule has 1 aromatic carbocycles. The number of allylic oxidation sites excluding steroid dienone is 1. The number of aldehydes is 1. The Morgan fingerprint density at radius 3 is 2.86 bits per heavy atom. The van der Waals surface area contributed by atoms with Crippen LogP contribution in [0.15, 0.2) is 24.3 Å². The number of hydrogen-bond acceptors (Lipinski definition) is 2. The quantitative estimate of drug-likeness (QED) is 0.712. The van der Waals surface area contributed by atoms with Gasteiger partial charge in [-0.2, -0.15) is 5.26 Å². The highest BCUT2D eigenvalue weighted by Gasteiger charge is 1.98. The summed E-state index contributed by atoms with van der Waals surface area (Å²) in [6, 6.07) is 6.99. The van der Waals surface area contributed by atoms with E-state index >= 15 is 0 Å². The first-order valence-electron chi connectivity index (χ1n) is 4.06. The molecule has 0 fully saturated rings. The van der Waals surface area contributed by atoms with Crippen LogP contribution in [0.4, 0.5) is 0 Å². The number of benzene rings is 1. The molecule has 1 aromatic rings. The van der Waals surface area contributed by atoms with Crippen LogP contribution in [0, 0.1) is 11.3 Å². The van der Waals surface area contributed by atoms with Crippen LogP contribution in [0.2, 0.25) is 5.02 Å². The monoisotopic (exact) mass is 205 g/mol. The predicted molar refractivity (Wildman–Crippen MR) is 56.1 cm³/mol. The maximum atomic E-state index is 10.6. The van der Waals surface area contributed by atoms with Crippen LogP contribution in [0.5, 0.6) is 0 Å². The molecule has 0 heterocycles. The minimum absolute atomic E-state index is 0.324. The fourth-order valence-corrected chi connectivity index (χ4v) is 1.22. The Hall–Kier alpha value is -1.59. The number of rotatable bonds is 3. The van der Waals surface area contributed by atoms with Crippen molar-refractivity contribution in [2.75, 3.05) is 0 Å². The second kappa shape index (κ2) is 5.21. The molecule has 0 spiro atoms. The van der Waals surface area contributed by atoms with Gasteiger partial charge in [0.25, 0.3) is 0 Å². The molecule has 0 aliphatic rings. The van der Waals surface area contributed by atoms with Crippen molar-refractivity contribution in [2.24, 2.45) is 0 Å². The first kappa shape index (κ1) is 10.5. The molecule has 0 N–H and O–H groups in total. The van der Waals surface area contributed by atoms with Crippen molar-refractivity contribution < 1.29 is 4.79 Å². The third-order valence-corrected chi connectivity index (χ3v) is 1.92.